The Kier molecular flexibility index (Phi) is 6.91. The molecule has 0 spiro atoms. The molecular weight excluding hydrogens is 232 g/mol. The van der Waals surface area contributed by atoms with Crippen LogP contribution in [0.1, 0.15) is 47.0 Å². The Morgan fingerprint density at radius 2 is 1.83 bits per heavy atom. The van der Waals surface area contributed by atoms with Crippen LogP contribution in [0.2, 0.25) is 0 Å². The van der Waals surface area contributed by atoms with Crippen LogP contribution < -0.4 is 11.1 Å². The van der Waals surface area contributed by atoms with Crippen molar-refractivity contribution in [1.29, 1.82) is 0 Å². The lowest BCUT2D eigenvalue weighted by atomic mass is 9.87. The number of aliphatic carboxylic acids is 1. The number of carbonyl (C=O) groups is 2. The fourth-order valence-corrected chi connectivity index (χ4v) is 1.46. The molecule has 0 aliphatic rings. The summed E-state index contributed by atoms with van der Waals surface area (Å²) in [6.45, 7) is 8.30. The average Bonchev–Trinajstić information content (AvgIpc) is 2.23. The Hall–Kier alpha value is -1.10. The van der Waals surface area contributed by atoms with E-state index >= 15 is 0 Å². The first-order chi connectivity index (χ1) is 8.14. The first-order valence-electron chi connectivity index (χ1n) is 6.39. The van der Waals surface area contributed by atoms with Crippen molar-refractivity contribution in [2.75, 3.05) is 6.54 Å². The second-order valence-electron chi connectivity index (χ2n) is 5.96. The van der Waals surface area contributed by atoms with Gasteiger partial charge in [-0.2, -0.15) is 0 Å². The molecule has 0 aliphatic heterocycles. The Balaban J connectivity index is 3.84. The number of nitrogens with one attached hydrogen (secondary N) is 1. The van der Waals surface area contributed by atoms with E-state index in [1.54, 1.807) is 0 Å². The molecule has 2 atom stereocenters. The second-order valence-corrected chi connectivity index (χ2v) is 5.96. The number of carbonyl (C=O) groups excluding carboxylic acids is 1. The van der Waals surface area contributed by atoms with Crippen molar-refractivity contribution < 1.29 is 14.7 Å². The lowest BCUT2D eigenvalue weighted by Crippen LogP contribution is -2.48. The zero-order chi connectivity index (χ0) is 14.3. The topological polar surface area (TPSA) is 92.4 Å². The van der Waals surface area contributed by atoms with E-state index in [4.69, 9.17) is 10.8 Å². The van der Waals surface area contributed by atoms with Crippen LogP contribution >= 0.6 is 0 Å². The maximum Gasteiger partial charge on any atom is 0.303 e. The largest absolute Gasteiger partial charge is 0.481 e. The molecule has 106 valence electrons. The van der Waals surface area contributed by atoms with Gasteiger partial charge in [-0.1, -0.05) is 27.7 Å². The third kappa shape index (κ3) is 7.27. The van der Waals surface area contributed by atoms with Crippen molar-refractivity contribution in [2.24, 2.45) is 17.1 Å². The molecule has 5 nitrogen and oxygen atoms in total. The second kappa shape index (κ2) is 7.36. The van der Waals surface area contributed by atoms with Gasteiger partial charge in [-0.05, 0) is 24.2 Å². The lowest BCUT2D eigenvalue weighted by Gasteiger charge is -2.26. The highest BCUT2D eigenvalue weighted by atomic mass is 16.4. The third-order valence-electron chi connectivity index (χ3n) is 3.00. The van der Waals surface area contributed by atoms with Gasteiger partial charge in [0.1, 0.15) is 0 Å². The summed E-state index contributed by atoms with van der Waals surface area (Å²) in [5.41, 5.74) is 5.57. The smallest absolute Gasteiger partial charge is 0.303 e. The Labute approximate surface area is 109 Å². The molecule has 0 saturated carbocycles. The molecule has 0 saturated heterocycles. The van der Waals surface area contributed by atoms with Crippen molar-refractivity contribution in [2.45, 2.75) is 53.0 Å². The van der Waals surface area contributed by atoms with Gasteiger partial charge in [0.15, 0.2) is 0 Å². The van der Waals surface area contributed by atoms with E-state index in [0.717, 1.165) is 6.42 Å². The minimum atomic E-state index is -0.777. The molecule has 4 N–H and O–H groups in total. The molecule has 0 aromatic heterocycles. The molecule has 1 unspecified atom stereocenters. The number of carboxylic acids is 1. The number of hydrogen-bond donors (Lipinski definition) is 3. The quantitative estimate of drug-likeness (QED) is 0.643. The van der Waals surface area contributed by atoms with Gasteiger partial charge in [0.2, 0.25) is 5.91 Å². The Bertz CT molecular complexity index is 284. The Morgan fingerprint density at radius 1 is 1.28 bits per heavy atom. The normalized spacial score (nSPS) is 14.9. The lowest BCUT2D eigenvalue weighted by molar-refractivity contribution is -0.137. The van der Waals surface area contributed by atoms with Gasteiger partial charge in [0, 0.05) is 13.0 Å². The van der Waals surface area contributed by atoms with Crippen LogP contribution in [0.5, 0.6) is 0 Å². The van der Waals surface area contributed by atoms with Gasteiger partial charge in [0.25, 0.3) is 0 Å². The van der Waals surface area contributed by atoms with Crippen molar-refractivity contribution in [3.8, 4) is 0 Å². The number of rotatable bonds is 7. The third-order valence-corrected chi connectivity index (χ3v) is 3.00. The summed E-state index contributed by atoms with van der Waals surface area (Å²) in [6.07, 6.45) is 1.59. The predicted octanol–water partition coefficient (Wildman–Crippen LogP) is 1.37. The van der Waals surface area contributed by atoms with E-state index in [0.29, 0.717) is 13.0 Å². The van der Waals surface area contributed by atoms with E-state index in [1.165, 1.54) is 0 Å². The first-order valence-corrected chi connectivity index (χ1v) is 6.39. The molecule has 0 radical (unpaired) electrons. The van der Waals surface area contributed by atoms with Crippen LogP contribution in [0.4, 0.5) is 0 Å². The highest BCUT2D eigenvalue weighted by molar-refractivity contribution is 5.82. The fraction of sp³-hybridized carbons (Fsp3) is 0.846. The van der Waals surface area contributed by atoms with Crippen molar-refractivity contribution in [3.63, 3.8) is 0 Å². The summed E-state index contributed by atoms with van der Waals surface area (Å²) < 4.78 is 0. The van der Waals surface area contributed by atoms with Crippen LogP contribution in [0.3, 0.4) is 0 Å². The van der Waals surface area contributed by atoms with Crippen LogP contribution in [0, 0.1) is 11.3 Å². The minimum Gasteiger partial charge on any atom is -0.481 e. The van der Waals surface area contributed by atoms with E-state index in [-0.39, 0.29) is 23.7 Å². The van der Waals surface area contributed by atoms with Gasteiger partial charge in [0.05, 0.1) is 6.04 Å². The van der Waals surface area contributed by atoms with E-state index in [1.807, 2.05) is 27.7 Å². The van der Waals surface area contributed by atoms with Crippen LogP contribution in [0.25, 0.3) is 0 Å². The molecule has 0 aromatic carbocycles. The molecule has 0 bridgehead atoms. The molecular formula is C13H26N2O3. The number of hydrogen-bond acceptors (Lipinski definition) is 3. The van der Waals surface area contributed by atoms with Gasteiger partial charge >= 0.3 is 5.97 Å². The summed E-state index contributed by atoms with van der Waals surface area (Å²) in [4.78, 5) is 22.1. The zero-order valence-corrected chi connectivity index (χ0v) is 11.8. The highest BCUT2D eigenvalue weighted by Gasteiger charge is 2.26. The predicted molar refractivity (Wildman–Crippen MR) is 71.1 cm³/mol. The van der Waals surface area contributed by atoms with Crippen LogP contribution in [0.15, 0.2) is 0 Å². The number of amides is 1. The summed E-state index contributed by atoms with van der Waals surface area (Å²) in [5, 5.41) is 11.3. The summed E-state index contributed by atoms with van der Waals surface area (Å²) in [6, 6.07) is -0.521. The van der Waals surface area contributed by atoms with E-state index in [2.05, 4.69) is 5.32 Å². The molecule has 5 heteroatoms. The molecule has 0 heterocycles. The van der Waals surface area contributed by atoms with E-state index in [9.17, 15) is 9.59 Å². The average molecular weight is 258 g/mol. The Morgan fingerprint density at radius 3 is 2.28 bits per heavy atom. The summed E-state index contributed by atoms with van der Waals surface area (Å²) in [7, 11) is 0. The van der Waals surface area contributed by atoms with Crippen molar-refractivity contribution in [3.05, 3.63) is 0 Å². The highest BCUT2D eigenvalue weighted by Crippen LogP contribution is 2.17. The fourth-order valence-electron chi connectivity index (χ4n) is 1.46. The van der Waals surface area contributed by atoms with Crippen LogP contribution in [-0.2, 0) is 9.59 Å². The molecule has 18 heavy (non-hydrogen) atoms. The van der Waals surface area contributed by atoms with Crippen molar-refractivity contribution >= 4 is 11.9 Å². The van der Waals surface area contributed by atoms with Crippen molar-refractivity contribution in [1.82, 2.24) is 5.32 Å². The molecule has 0 fully saturated rings. The van der Waals surface area contributed by atoms with Gasteiger partial charge in [-0.15, -0.1) is 0 Å². The molecule has 0 rings (SSSR count). The number of nitrogens with two attached hydrogens (primary N) is 1. The summed E-state index contributed by atoms with van der Waals surface area (Å²) >= 11 is 0. The molecule has 0 aromatic rings. The number of carboxylic acid groups (broad SMARTS) is 1. The van der Waals surface area contributed by atoms with E-state index < -0.39 is 12.0 Å². The summed E-state index contributed by atoms with van der Waals surface area (Å²) in [5.74, 6) is -0.638. The molecule has 1 amide bonds. The maximum atomic E-state index is 11.7. The standard InChI is InChI=1S/C13H26N2O3/c1-9(5-6-10(16)17)7-8-15-12(18)11(14)13(2,3)4/h9,11H,5-8,14H2,1-4H3,(H,15,18)(H,16,17)/t9?,11-/m0/s1. The van der Waals surface area contributed by atoms with Gasteiger partial charge in [-0.3, -0.25) is 9.59 Å². The minimum absolute atomic E-state index is 0.145. The molecule has 0 aliphatic carbocycles. The maximum absolute atomic E-state index is 11.7. The first kappa shape index (κ1) is 16.9. The zero-order valence-electron chi connectivity index (χ0n) is 11.8. The monoisotopic (exact) mass is 258 g/mol. The van der Waals surface area contributed by atoms with Crippen LogP contribution in [-0.4, -0.2) is 29.6 Å². The van der Waals surface area contributed by atoms with Gasteiger partial charge in [-0.25, -0.2) is 0 Å². The van der Waals surface area contributed by atoms with Gasteiger partial charge < -0.3 is 16.2 Å². The SMILES string of the molecule is CC(CCNC(=O)[C@H](N)C(C)(C)C)CCC(=O)O.